The molecule has 1 N–H and O–H groups in total. The number of amides is 1. The Morgan fingerprint density at radius 1 is 1.36 bits per heavy atom. The van der Waals surface area contributed by atoms with Gasteiger partial charge in [0.05, 0.1) is 6.10 Å². The first-order valence-corrected chi connectivity index (χ1v) is 9.54. The van der Waals surface area contributed by atoms with Gasteiger partial charge in [-0.05, 0) is 44.4 Å². The molecule has 25 heavy (non-hydrogen) atoms. The van der Waals surface area contributed by atoms with E-state index in [1.807, 2.05) is 22.7 Å². The summed E-state index contributed by atoms with van der Waals surface area (Å²) >= 11 is 0. The summed E-state index contributed by atoms with van der Waals surface area (Å²) in [6.45, 7) is 1.45. The highest BCUT2D eigenvalue weighted by atomic mass is 16.5. The number of aliphatic hydroxyl groups excluding tert-OH is 1. The topological polar surface area (TPSA) is 67.6 Å². The molecule has 3 rings (SSSR count). The number of hydrogen-bond donors (Lipinski definition) is 1. The lowest BCUT2D eigenvalue weighted by atomic mass is 9.84. The van der Waals surface area contributed by atoms with Crippen LogP contribution in [0.25, 0.3) is 0 Å². The monoisotopic (exact) mass is 349 g/mol. The average molecular weight is 349 g/mol. The third kappa shape index (κ3) is 4.42. The Morgan fingerprint density at radius 2 is 2.12 bits per heavy atom. The van der Waals surface area contributed by atoms with Crippen LogP contribution in [0.5, 0.6) is 0 Å². The van der Waals surface area contributed by atoms with Crippen LogP contribution in [0.15, 0.2) is 12.4 Å². The van der Waals surface area contributed by atoms with Gasteiger partial charge in [0.2, 0.25) is 5.91 Å². The minimum atomic E-state index is -0.604. The molecule has 6 nitrogen and oxygen atoms in total. The summed E-state index contributed by atoms with van der Waals surface area (Å²) in [5.41, 5.74) is 0. The van der Waals surface area contributed by atoms with Crippen LogP contribution in [0.4, 0.5) is 0 Å². The molecule has 1 aliphatic heterocycles. The van der Waals surface area contributed by atoms with Gasteiger partial charge < -0.3 is 19.3 Å². The maximum atomic E-state index is 12.7. The van der Waals surface area contributed by atoms with Gasteiger partial charge in [-0.3, -0.25) is 4.79 Å². The van der Waals surface area contributed by atoms with Crippen molar-refractivity contribution in [1.82, 2.24) is 14.5 Å². The smallest absolute Gasteiger partial charge is 0.222 e. The van der Waals surface area contributed by atoms with Crippen molar-refractivity contribution < 1.29 is 14.6 Å². The highest BCUT2D eigenvalue weighted by molar-refractivity contribution is 5.76. The van der Waals surface area contributed by atoms with Gasteiger partial charge in [-0.25, -0.2) is 4.98 Å². The molecule has 1 saturated carbocycles. The van der Waals surface area contributed by atoms with Crippen molar-refractivity contribution in [3.8, 4) is 0 Å². The van der Waals surface area contributed by atoms with Crippen LogP contribution < -0.4 is 0 Å². The summed E-state index contributed by atoms with van der Waals surface area (Å²) < 4.78 is 7.28. The van der Waals surface area contributed by atoms with E-state index in [4.69, 9.17) is 4.74 Å². The summed E-state index contributed by atoms with van der Waals surface area (Å²) in [5, 5.41) is 10.7. The number of methoxy groups -OCH3 is 1. The fourth-order valence-electron chi connectivity index (χ4n) is 4.31. The van der Waals surface area contributed by atoms with Gasteiger partial charge in [-0.15, -0.1) is 0 Å². The summed E-state index contributed by atoms with van der Waals surface area (Å²) in [5.74, 6) is 1.50. The van der Waals surface area contributed by atoms with Gasteiger partial charge in [0.1, 0.15) is 11.9 Å². The molecule has 2 unspecified atom stereocenters. The molecule has 1 amide bonds. The van der Waals surface area contributed by atoms with Crippen LogP contribution in [0, 0.1) is 11.8 Å². The molecule has 1 aromatic heterocycles. The van der Waals surface area contributed by atoms with E-state index in [0.717, 1.165) is 45.1 Å². The van der Waals surface area contributed by atoms with Crippen LogP contribution in [0.2, 0.25) is 0 Å². The lowest BCUT2D eigenvalue weighted by Crippen LogP contribution is -2.42. The highest BCUT2D eigenvalue weighted by Crippen LogP contribution is 2.32. The van der Waals surface area contributed by atoms with E-state index in [1.54, 1.807) is 13.3 Å². The molecule has 140 valence electrons. The lowest BCUT2D eigenvalue weighted by molar-refractivity contribution is -0.135. The van der Waals surface area contributed by atoms with Crippen molar-refractivity contribution in [3.63, 3.8) is 0 Å². The van der Waals surface area contributed by atoms with Crippen LogP contribution in [-0.2, 0) is 16.6 Å². The molecule has 1 aliphatic carbocycles. The molecule has 2 fully saturated rings. The SMILES string of the molecule is COC1CCC(CC(=O)N2CCCC(C(O)c3nccn3C)C2)CC1. The summed E-state index contributed by atoms with van der Waals surface area (Å²) in [6, 6.07) is 0. The predicted octanol–water partition coefficient (Wildman–Crippen LogP) is 2.29. The van der Waals surface area contributed by atoms with Crippen molar-refractivity contribution in [3.05, 3.63) is 18.2 Å². The number of carbonyl (C=O) groups excluding carboxylic acids is 1. The molecule has 1 aromatic rings. The summed E-state index contributed by atoms with van der Waals surface area (Å²) in [7, 11) is 3.67. The number of aryl methyl sites for hydroxylation is 1. The second kappa shape index (κ2) is 8.32. The zero-order chi connectivity index (χ0) is 17.8. The normalized spacial score (nSPS) is 28.8. The number of ether oxygens (including phenoxy) is 1. The molecule has 2 heterocycles. The fraction of sp³-hybridized carbons (Fsp3) is 0.789. The number of nitrogens with zero attached hydrogens (tertiary/aromatic N) is 3. The molecule has 0 aromatic carbocycles. The van der Waals surface area contributed by atoms with Crippen LogP contribution >= 0.6 is 0 Å². The summed E-state index contributed by atoms with van der Waals surface area (Å²) in [4.78, 5) is 19.0. The third-order valence-electron chi connectivity index (χ3n) is 5.97. The van der Waals surface area contributed by atoms with E-state index in [9.17, 15) is 9.90 Å². The first-order valence-electron chi connectivity index (χ1n) is 9.54. The Balaban J connectivity index is 1.52. The molecule has 2 aliphatic rings. The number of aliphatic hydroxyl groups is 1. The number of rotatable bonds is 5. The zero-order valence-electron chi connectivity index (χ0n) is 15.4. The Labute approximate surface area is 150 Å². The standard InChI is InChI=1S/C19H31N3O3/c1-21-11-9-20-19(21)18(24)15-4-3-10-22(13-15)17(23)12-14-5-7-16(25-2)8-6-14/h9,11,14-16,18,24H,3-8,10,12-13H2,1-2H3. The maximum absolute atomic E-state index is 12.7. The molecule has 2 atom stereocenters. The van der Waals surface area contributed by atoms with E-state index in [1.165, 1.54) is 0 Å². The Morgan fingerprint density at radius 3 is 2.76 bits per heavy atom. The lowest BCUT2D eigenvalue weighted by Gasteiger charge is -2.36. The van der Waals surface area contributed by atoms with Crippen molar-refractivity contribution in [2.45, 2.75) is 57.2 Å². The molecular weight excluding hydrogens is 318 g/mol. The quantitative estimate of drug-likeness (QED) is 0.886. The van der Waals surface area contributed by atoms with E-state index >= 15 is 0 Å². The van der Waals surface area contributed by atoms with Gasteiger partial charge in [0.25, 0.3) is 0 Å². The Hall–Kier alpha value is -1.40. The van der Waals surface area contributed by atoms with Crippen LogP contribution in [-0.4, -0.2) is 51.8 Å². The van der Waals surface area contributed by atoms with E-state index < -0.39 is 6.10 Å². The number of aromatic nitrogens is 2. The van der Waals surface area contributed by atoms with Crippen molar-refractivity contribution in [2.75, 3.05) is 20.2 Å². The van der Waals surface area contributed by atoms with Gasteiger partial charge in [-0.2, -0.15) is 0 Å². The van der Waals surface area contributed by atoms with E-state index in [2.05, 4.69) is 4.98 Å². The largest absolute Gasteiger partial charge is 0.385 e. The third-order valence-corrected chi connectivity index (χ3v) is 5.97. The highest BCUT2D eigenvalue weighted by Gasteiger charge is 2.32. The van der Waals surface area contributed by atoms with Gasteiger partial charge in [0.15, 0.2) is 0 Å². The number of likely N-dealkylation sites (tertiary alicyclic amines) is 1. The maximum Gasteiger partial charge on any atom is 0.222 e. The second-order valence-electron chi connectivity index (χ2n) is 7.67. The number of hydrogen-bond acceptors (Lipinski definition) is 4. The zero-order valence-corrected chi connectivity index (χ0v) is 15.4. The fourth-order valence-corrected chi connectivity index (χ4v) is 4.31. The van der Waals surface area contributed by atoms with Crippen molar-refractivity contribution in [1.29, 1.82) is 0 Å². The van der Waals surface area contributed by atoms with Crippen molar-refractivity contribution >= 4 is 5.91 Å². The van der Waals surface area contributed by atoms with Crippen LogP contribution in [0.1, 0.15) is 56.9 Å². The Bertz CT molecular complexity index is 566. The van der Waals surface area contributed by atoms with Crippen molar-refractivity contribution in [2.24, 2.45) is 18.9 Å². The van der Waals surface area contributed by atoms with E-state index in [-0.39, 0.29) is 11.8 Å². The van der Waals surface area contributed by atoms with Gasteiger partial charge >= 0.3 is 0 Å². The number of piperidine rings is 1. The molecule has 0 bridgehead atoms. The molecule has 0 spiro atoms. The molecule has 6 heteroatoms. The van der Waals surface area contributed by atoms with Crippen LogP contribution in [0.3, 0.4) is 0 Å². The summed E-state index contributed by atoms with van der Waals surface area (Å²) in [6.07, 6.45) is 10.2. The number of carbonyl (C=O) groups is 1. The van der Waals surface area contributed by atoms with Gasteiger partial charge in [0, 0.05) is 52.0 Å². The first kappa shape index (κ1) is 18.4. The van der Waals surface area contributed by atoms with E-state index in [0.29, 0.717) is 30.8 Å². The molecule has 0 radical (unpaired) electrons. The average Bonchev–Trinajstić information content (AvgIpc) is 3.07. The van der Waals surface area contributed by atoms with Gasteiger partial charge in [-0.1, -0.05) is 0 Å². The predicted molar refractivity (Wildman–Crippen MR) is 94.8 cm³/mol. The second-order valence-corrected chi connectivity index (χ2v) is 7.67. The Kier molecular flexibility index (Phi) is 6.12. The molecular formula is C19H31N3O3. The first-order chi connectivity index (χ1) is 12.1. The minimum absolute atomic E-state index is 0.0722. The minimum Gasteiger partial charge on any atom is -0.385 e. The number of imidazole rings is 1. The molecule has 1 saturated heterocycles.